The van der Waals surface area contributed by atoms with Crippen molar-refractivity contribution in [1.29, 1.82) is 0 Å². The van der Waals surface area contributed by atoms with Crippen molar-refractivity contribution in [2.75, 3.05) is 0 Å². The van der Waals surface area contributed by atoms with Crippen LogP contribution in [-0.4, -0.2) is 17.9 Å². The summed E-state index contributed by atoms with van der Waals surface area (Å²) in [7, 11) is 0. The van der Waals surface area contributed by atoms with Crippen molar-refractivity contribution in [3.63, 3.8) is 0 Å². The van der Waals surface area contributed by atoms with Gasteiger partial charge < -0.3 is 14.2 Å². The highest BCUT2D eigenvalue weighted by atomic mass is 16.5. The van der Waals surface area contributed by atoms with Gasteiger partial charge in [-0.2, -0.15) is 0 Å². The summed E-state index contributed by atoms with van der Waals surface area (Å²) >= 11 is 0. The van der Waals surface area contributed by atoms with E-state index in [0.29, 0.717) is 0 Å². The molecule has 0 aliphatic heterocycles. The van der Waals surface area contributed by atoms with Crippen molar-refractivity contribution in [2.24, 2.45) is 0 Å². The van der Waals surface area contributed by atoms with Gasteiger partial charge in [-0.1, -0.05) is 86.5 Å². The number of benzene rings is 4. The van der Waals surface area contributed by atoms with Crippen LogP contribution < -0.4 is 9.47 Å². The van der Waals surface area contributed by atoms with Gasteiger partial charge in [-0.05, 0) is 64.7 Å². The Morgan fingerprint density at radius 1 is 0.525 bits per heavy atom. The van der Waals surface area contributed by atoms with E-state index in [2.05, 4.69) is 19.7 Å². The Bertz CT molecular complexity index is 1480. The molecule has 0 saturated carbocycles. The first-order valence-electron chi connectivity index (χ1n) is 12.3. The lowest BCUT2D eigenvalue weighted by Gasteiger charge is -2.11. The predicted octanol–water partition coefficient (Wildman–Crippen LogP) is 7.41. The Balaban J connectivity index is 1.59. The van der Waals surface area contributed by atoms with Crippen molar-refractivity contribution in [3.8, 4) is 11.5 Å². The molecule has 0 bridgehead atoms. The minimum atomic E-state index is -0.759. The fourth-order valence-electron chi connectivity index (χ4n) is 3.64. The zero-order chi connectivity index (χ0) is 28.5. The van der Waals surface area contributed by atoms with Crippen LogP contribution in [0.2, 0.25) is 0 Å². The molecule has 198 valence electrons. The van der Waals surface area contributed by atoms with Crippen LogP contribution in [0.1, 0.15) is 53.3 Å². The molecular formula is C34H26O6. The largest absolute Gasteiger partial charge is 0.457 e. The summed E-state index contributed by atoms with van der Waals surface area (Å²) in [5.74, 6) is -1.66. The molecule has 0 N–H and O–H groups in total. The molecule has 40 heavy (non-hydrogen) atoms. The van der Waals surface area contributed by atoms with Crippen LogP contribution >= 0.6 is 0 Å². The van der Waals surface area contributed by atoms with E-state index >= 15 is 0 Å². The number of carbonyl (C=O) groups excluding carboxylic acids is 3. The molecule has 0 amide bonds. The summed E-state index contributed by atoms with van der Waals surface area (Å²) in [6, 6.07) is 24.7. The lowest BCUT2D eigenvalue weighted by Crippen LogP contribution is -2.16. The molecule has 4 aromatic carbocycles. The van der Waals surface area contributed by atoms with E-state index in [-0.39, 0.29) is 34.8 Å². The van der Waals surface area contributed by atoms with E-state index in [1.165, 1.54) is 18.2 Å². The second-order valence-electron chi connectivity index (χ2n) is 8.65. The maximum atomic E-state index is 13.0. The van der Waals surface area contributed by atoms with Gasteiger partial charge in [0.05, 0.1) is 16.7 Å². The molecule has 0 aromatic heterocycles. The van der Waals surface area contributed by atoms with E-state index in [1.807, 2.05) is 24.3 Å². The first-order valence-corrected chi connectivity index (χ1v) is 12.3. The Morgan fingerprint density at radius 3 is 1.25 bits per heavy atom. The zero-order valence-electron chi connectivity index (χ0n) is 21.7. The third-order valence-electron chi connectivity index (χ3n) is 5.88. The van der Waals surface area contributed by atoms with Crippen LogP contribution in [0, 0.1) is 0 Å². The van der Waals surface area contributed by atoms with Crippen molar-refractivity contribution in [1.82, 2.24) is 0 Å². The van der Waals surface area contributed by atoms with Gasteiger partial charge in [0.15, 0.2) is 0 Å². The summed E-state index contributed by atoms with van der Waals surface area (Å²) < 4.78 is 16.4. The highest BCUT2D eigenvalue weighted by Crippen LogP contribution is 2.20. The Hall–Kier alpha value is -5.49. The molecular weight excluding hydrogens is 504 g/mol. The van der Waals surface area contributed by atoms with Gasteiger partial charge in [0.25, 0.3) is 0 Å². The molecule has 0 aliphatic rings. The number of carbonyl (C=O) groups is 3. The molecule has 0 unspecified atom stereocenters. The van der Waals surface area contributed by atoms with Crippen LogP contribution in [0.25, 0.3) is 18.2 Å². The third kappa shape index (κ3) is 7.08. The smallest absolute Gasteiger partial charge is 0.343 e. The zero-order valence-corrected chi connectivity index (χ0v) is 21.7. The van der Waals surface area contributed by atoms with Crippen LogP contribution in [-0.2, 0) is 11.3 Å². The quantitative estimate of drug-likeness (QED) is 0.157. The summed E-state index contributed by atoms with van der Waals surface area (Å²) in [6.45, 7) is 11.1. The van der Waals surface area contributed by atoms with Crippen LogP contribution in [0.4, 0.5) is 0 Å². The fraction of sp³-hybridized carbons (Fsp3) is 0.0294. The van der Waals surface area contributed by atoms with Gasteiger partial charge in [0.1, 0.15) is 18.1 Å². The van der Waals surface area contributed by atoms with Crippen molar-refractivity contribution < 1.29 is 28.6 Å². The number of ether oxygens (including phenoxy) is 3. The summed E-state index contributed by atoms with van der Waals surface area (Å²) in [4.78, 5) is 39.0. The topological polar surface area (TPSA) is 78.9 Å². The first kappa shape index (κ1) is 27.5. The summed E-state index contributed by atoms with van der Waals surface area (Å²) in [6.07, 6.45) is 5.04. The SMILES string of the molecule is C=Cc1ccc(COC(=O)c2cc(C(=O)Oc3ccc(C=C)cc3)cc(C(=O)Oc3ccc(C=C)cc3)c2)cc1. The number of hydrogen-bond donors (Lipinski definition) is 0. The standard InChI is InChI=1S/C34H26O6/c1-4-23-7-9-26(10-8-23)22-38-32(35)27-19-28(33(36)39-30-15-11-24(5-2)12-16-30)21-29(20-27)34(37)40-31-17-13-25(6-3)14-18-31/h4-21H,1-3,22H2. The van der Waals surface area contributed by atoms with Gasteiger partial charge in [-0.25, -0.2) is 14.4 Å². The molecule has 4 rings (SSSR count). The monoisotopic (exact) mass is 530 g/mol. The Morgan fingerprint density at radius 2 is 0.875 bits per heavy atom. The molecule has 0 heterocycles. The Kier molecular flexibility index (Phi) is 8.84. The maximum absolute atomic E-state index is 13.0. The van der Waals surface area contributed by atoms with Crippen LogP contribution in [0.3, 0.4) is 0 Å². The lowest BCUT2D eigenvalue weighted by atomic mass is 10.1. The molecule has 0 atom stereocenters. The molecule has 0 aliphatic carbocycles. The lowest BCUT2D eigenvalue weighted by molar-refractivity contribution is 0.0472. The van der Waals surface area contributed by atoms with E-state index in [4.69, 9.17) is 14.2 Å². The molecule has 6 nitrogen and oxygen atoms in total. The Labute approximate surface area is 232 Å². The molecule has 4 aromatic rings. The first-order chi connectivity index (χ1) is 19.4. The van der Waals surface area contributed by atoms with Gasteiger partial charge >= 0.3 is 17.9 Å². The highest BCUT2D eigenvalue weighted by molar-refractivity contribution is 6.01. The van der Waals surface area contributed by atoms with Gasteiger partial charge in [0, 0.05) is 0 Å². The normalized spacial score (nSPS) is 10.2. The minimum Gasteiger partial charge on any atom is -0.457 e. The molecule has 0 spiro atoms. The third-order valence-corrected chi connectivity index (χ3v) is 5.88. The van der Waals surface area contributed by atoms with Crippen LogP contribution in [0.15, 0.2) is 111 Å². The second kappa shape index (κ2) is 12.8. The predicted molar refractivity (Wildman–Crippen MR) is 155 cm³/mol. The van der Waals surface area contributed by atoms with E-state index < -0.39 is 17.9 Å². The summed E-state index contributed by atoms with van der Waals surface area (Å²) in [5, 5.41) is 0. The fourth-order valence-corrected chi connectivity index (χ4v) is 3.64. The van der Waals surface area contributed by atoms with Crippen LogP contribution in [0.5, 0.6) is 11.5 Å². The highest BCUT2D eigenvalue weighted by Gasteiger charge is 2.20. The van der Waals surface area contributed by atoms with E-state index in [9.17, 15) is 14.4 Å². The molecule has 0 radical (unpaired) electrons. The second-order valence-corrected chi connectivity index (χ2v) is 8.65. The van der Waals surface area contributed by atoms with Crippen molar-refractivity contribution in [2.45, 2.75) is 6.61 Å². The number of rotatable bonds is 10. The van der Waals surface area contributed by atoms with Crippen molar-refractivity contribution in [3.05, 3.63) is 150 Å². The molecule has 0 fully saturated rings. The molecule has 0 saturated heterocycles. The average Bonchev–Trinajstić information content (AvgIpc) is 3.00. The van der Waals surface area contributed by atoms with E-state index in [1.54, 1.807) is 66.8 Å². The van der Waals surface area contributed by atoms with Crippen molar-refractivity contribution >= 4 is 36.1 Å². The average molecular weight is 531 g/mol. The number of hydrogen-bond acceptors (Lipinski definition) is 6. The minimum absolute atomic E-state index is 0.00395. The maximum Gasteiger partial charge on any atom is 0.343 e. The molecule has 6 heteroatoms. The van der Waals surface area contributed by atoms with Gasteiger partial charge in [-0.15, -0.1) is 0 Å². The number of esters is 3. The van der Waals surface area contributed by atoms with Gasteiger partial charge in [-0.3, -0.25) is 0 Å². The van der Waals surface area contributed by atoms with E-state index in [0.717, 1.165) is 22.3 Å². The van der Waals surface area contributed by atoms with Gasteiger partial charge in [0.2, 0.25) is 0 Å². The summed E-state index contributed by atoms with van der Waals surface area (Å²) in [5.41, 5.74) is 3.36.